The summed E-state index contributed by atoms with van der Waals surface area (Å²) in [5.74, 6) is 0. The zero-order valence-corrected chi connectivity index (χ0v) is 7.52. The highest BCUT2D eigenvalue weighted by molar-refractivity contribution is 5.32. The van der Waals surface area contributed by atoms with E-state index in [9.17, 15) is 13.2 Å². The summed E-state index contributed by atoms with van der Waals surface area (Å²) in [4.78, 5) is 3.62. The molecule has 0 aliphatic heterocycles. The van der Waals surface area contributed by atoms with E-state index in [-0.39, 0.29) is 17.0 Å². The molecule has 1 heterocycles. The molecular formula is C9H9F3NO. The largest absolute Gasteiger partial charge is 0.418 e. The van der Waals surface area contributed by atoms with Gasteiger partial charge in [0.15, 0.2) is 0 Å². The first-order chi connectivity index (χ1) is 6.36. The quantitative estimate of drug-likeness (QED) is 0.759. The molecule has 5 heteroatoms. The number of rotatable bonds is 1. The standard InChI is InChI=1S/C9H9F3NO/c1-5-7(4-14)3-8(6(2)13-5)9(10,11)12/h3,14H,1,4H2,2H3. The van der Waals surface area contributed by atoms with E-state index >= 15 is 0 Å². The van der Waals surface area contributed by atoms with E-state index in [2.05, 4.69) is 11.9 Å². The Morgan fingerprint density at radius 3 is 2.50 bits per heavy atom. The van der Waals surface area contributed by atoms with Crippen molar-refractivity contribution in [2.24, 2.45) is 0 Å². The minimum absolute atomic E-state index is 0.0999. The Balaban J connectivity index is 3.32. The number of hydrogen-bond donors (Lipinski definition) is 1. The Bertz CT molecular complexity index is 347. The number of halogens is 3. The number of hydrogen-bond acceptors (Lipinski definition) is 2. The molecule has 0 atom stereocenters. The van der Waals surface area contributed by atoms with Gasteiger partial charge in [0, 0.05) is 11.4 Å². The van der Waals surface area contributed by atoms with Crippen LogP contribution >= 0.6 is 0 Å². The van der Waals surface area contributed by atoms with Crippen LogP contribution in [0.1, 0.15) is 22.5 Å². The monoisotopic (exact) mass is 204 g/mol. The second kappa shape index (κ2) is 3.57. The van der Waals surface area contributed by atoms with Crippen LogP contribution in [0, 0.1) is 13.8 Å². The molecule has 0 bridgehead atoms. The van der Waals surface area contributed by atoms with Gasteiger partial charge in [-0.3, -0.25) is 4.98 Å². The first-order valence-corrected chi connectivity index (χ1v) is 3.86. The van der Waals surface area contributed by atoms with Crippen molar-refractivity contribution in [3.63, 3.8) is 0 Å². The number of pyridine rings is 1. The second-order valence-corrected chi connectivity index (χ2v) is 2.88. The third-order valence-electron chi connectivity index (χ3n) is 1.86. The molecule has 1 aromatic rings. The van der Waals surface area contributed by atoms with Gasteiger partial charge < -0.3 is 5.11 Å². The van der Waals surface area contributed by atoms with Gasteiger partial charge in [-0.05, 0) is 25.5 Å². The number of aryl methyl sites for hydroxylation is 1. The van der Waals surface area contributed by atoms with Gasteiger partial charge in [-0.25, -0.2) is 0 Å². The maximum absolute atomic E-state index is 12.4. The van der Waals surface area contributed by atoms with E-state index in [1.165, 1.54) is 6.92 Å². The minimum atomic E-state index is -4.44. The molecule has 1 N–H and O–H groups in total. The average Bonchev–Trinajstić information content (AvgIpc) is 2.02. The molecule has 1 aromatic heterocycles. The highest BCUT2D eigenvalue weighted by Crippen LogP contribution is 2.32. The molecule has 14 heavy (non-hydrogen) atoms. The number of aliphatic hydroxyl groups is 1. The second-order valence-electron chi connectivity index (χ2n) is 2.88. The molecule has 0 aliphatic carbocycles. The van der Waals surface area contributed by atoms with Crippen LogP contribution < -0.4 is 0 Å². The van der Waals surface area contributed by atoms with Crippen LogP contribution in [0.3, 0.4) is 0 Å². The number of aliphatic hydroxyl groups excluding tert-OH is 1. The van der Waals surface area contributed by atoms with E-state index in [1.807, 2.05) is 0 Å². The van der Waals surface area contributed by atoms with Crippen molar-refractivity contribution in [3.8, 4) is 0 Å². The van der Waals surface area contributed by atoms with Crippen LogP contribution in [0.15, 0.2) is 6.07 Å². The maximum Gasteiger partial charge on any atom is 0.418 e. The van der Waals surface area contributed by atoms with Crippen molar-refractivity contribution in [1.29, 1.82) is 0 Å². The summed E-state index contributed by atoms with van der Waals surface area (Å²) in [5, 5.41) is 8.75. The fourth-order valence-corrected chi connectivity index (χ4v) is 1.12. The zero-order valence-electron chi connectivity index (χ0n) is 7.52. The van der Waals surface area contributed by atoms with Crippen molar-refractivity contribution < 1.29 is 18.3 Å². The number of alkyl halides is 3. The zero-order chi connectivity index (χ0) is 10.9. The summed E-state index contributed by atoms with van der Waals surface area (Å²) < 4.78 is 37.1. The first-order valence-electron chi connectivity index (χ1n) is 3.86. The van der Waals surface area contributed by atoms with Gasteiger partial charge in [0.1, 0.15) is 0 Å². The van der Waals surface area contributed by atoms with E-state index in [1.54, 1.807) is 0 Å². The predicted molar refractivity (Wildman–Crippen MR) is 44.4 cm³/mol. The summed E-state index contributed by atoms with van der Waals surface area (Å²) in [6.45, 7) is 4.21. The SMILES string of the molecule is [CH2]c1nc(C)c(C(F)(F)F)cc1CO. The molecule has 0 spiro atoms. The summed E-state index contributed by atoms with van der Waals surface area (Å²) in [5.41, 5.74) is -0.672. The molecule has 0 unspecified atom stereocenters. The molecule has 77 valence electrons. The lowest BCUT2D eigenvalue weighted by Gasteiger charge is -2.12. The highest BCUT2D eigenvalue weighted by atomic mass is 19.4. The molecule has 0 aliphatic rings. The van der Waals surface area contributed by atoms with Gasteiger partial charge in [0.05, 0.1) is 12.2 Å². The molecule has 0 fully saturated rings. The molecule has 0 amide bonds. The third kappa shape index (κ3) is 2.04. The Labute approximate surface area is 79.4 Å². The Morgan fingerprint density at radius 2 is 2.07 bits per heavy atom. The lowest BCUT2D eigenvalue weighted by Crippen LogP contribution is -2.11. The van der Waals surface area contributed by atoms with Gasteiger partial charge in [-0.1, -0.05) is 0 Å². The fraction of sp³-hybridized carbons (Fsp3) is 0.333. The van der Waals surface area contributed by atoms with Crippen molar-refractivity contribution in [1.82, 2.24) is 4.98 Å². The van der Waals surface area contributed by atoms with E-state index in [0.717, 1.165) is 6.07 Å². The van der Waals surface area contributed by atoms with E-state index < -0.39 is 18.3 Å². The third-order valence-corrected chi connectivity index (χ3v) is 1.86. The van der Waals surface area contributed by atoms with Gasteiger partial charge in [0.2, 0.25) is 0 Å². The van der Waals surface area contributed by atoms with Crippen LogP contribution in [0.4, 0.5) is 13.2 Å². The van der Waals surface area contributed by atoms with Crippen LogP contribution in [0.2, 0.25) is 0 Å². The normalized spacial score (nSPS) is 11.9. The lowest BCUT2D eigenvalue weighted by atomic mass is 10.1. The molecule has 1 radical (unpaired) electrons. The lowest BCUT2D eigenvalue weighted by molar-refractivity contribution is -0.138. The molecule has 2 nitrogen and oxygen atoms in total. The smallest absolute Gasteiger partial charge is 0.392 e. The maximum atomic E-state index is 12.4. The molecule has 0 aromatic carbocycles. The fourth-order valence-electron chi connectivity index (χ4n) is 1.12. The molecular weight excluding hydrogens is 195 g/mol. The minimum Gasteiger partial charge on any atom is -0.392 e. The number of nitrogens with zero attached hydrogens (tertiary/aromatic N) is 1. The summed E-state index contributed by atoms with van der Waals surface area (Å²) >= 11 is 0. The van der Waals surface area contributed by atoms with Gasteiger partial charge in [-0.15, -0.1) is 0 Å². The molecule has 1 rings (SSSR count). The van der Waals surface area contributed by atoms with E-state index in [4.69, 9.17) is 5.11 Å². The van der Waals surface area contributed by atoms with Crippen molar-refractivity contribution in [2.75, 3.05) is 0 Å². The van der Waals surface area contributed by atoms with Crippen LogP contribution in [0.5, 0.6) is 0 Å². The van der Waals surface area contributed by atoms with E-state index in [0.29, 0.717) is 0 Å². The predicted octanol–water partition coefficient (Wildman–Crippen LogP) is 2.08. The molecule has 0 saturated carbocycles. The topological polar surface area (TPSA) is 33.1 Å². The van der Waals surface area contributed by atoms with Crippen molar-refractivity contribution in [3.05, 3.63) is 35.5 Å². The van der Waals surface area contributed by atoms with Crippen molar-refractivity contribution in [2.45, 2.75) is 19.7 Å². The summed E-state index contributed by atoms with van der Waals surface area (Å²) in [6.07, 6.45) is -4.44. The summed E-state index contributed by atoms with van der Waals surface area (Å²) in [6, 6.07) is 0.880. The van der Waals surface area contributed by atoms with Crippen LogP contribution in [-0.4, -0.2) is 10.1 Å². The van der Waals surface area contributed by atoms with Gasteiger partial charge >= 0.3 is 6.18 Å². The Morgan fingerprint density at radius 1 is 1.50 bits per heavy atom. The Hall–Kier alpha value is -1.10. The van der Waals surface area contributed by atoms with Gasteiger partial charge in [-0.2, -0.15) is 13.2 Å². The summed E-state index contributed by atoms with van der Waals surface area (Å²) in [7, 11) is 0. The Kier molecular flexibility index (Phi) is 2.80. The highest BCUT2D eigenvalue weighted by Gasteiger charge is 2.33. The van der Waals surface area contributed by atoms with Crippen molar-refractivity contribution >= 4 is 0 Å². The molecule has 0 saturated heterocycles. The van der Waals surface area contributed by atoms with Crippen LogP contribution in [0.25, 0.3) is 0 Å². The van der Waals surface area contributed by atoms with Gasteiger partial charge in [0.25, 0.3) is 0 Å². The average molecular weight is 204 g/mol. The van der Waals surface area contributed by atoms with Crippen LogP contribution in [-0.2, 0) is 12.8 Å². The number of aromatic nitrogens is 1. The first kappa shape index (κ1) is 11.0.